The number of benzene rings is 1. The fraction of sp³-hybridized carbons (Fsp3) is 0.500. The molecule has 1 aliphatic heterocycles. The number of halogens is 1. The number of piperidine rings is 1. The molecule has 3 rings (SSSR count). The minimum absolute atomic E-state index is 0.190. The fourth-order valence-corrected chi connectivity index (χ4v) is 6.75. The van der Waals surface area contributed by atoms with Crippen molar-refractivity contribution in [2.24, 2.45) is 0 Å². The van der Waals surface area contributed by atoms with Gasteiger partial charge in [0.1, 0.15) is 0 Å². The van der Waals surface area contributed by atoms with Gasteiger partial charge in [0, 0.05) is 6.61 Å². The summed E-state index contributed by atoms with van der Waals surface area (Å²) in [6.45, 7) is 7.81. The molecule has 0 aliphatic carbocycles. The van der Waals surface area contributed by atoms with E-state index in [-0.39, 0.29) is 6.79 Å². The van der Waals surface area contributed by atoms with Crippen molar-refractivity contribution < 1.29 is 9.47 Å². The second kappa shape index (κ2) is 11.7. The third-order valence-corrected chi connectivity index (χ3v) is 8.81. The van der Waals surface area contributed by atoms with Crippen LogP contribution in [0, 0.1) is 18.8 Å². The number of aromatic nitrogens is 2. The van der Waals surface area contributed by atoms with E-state index >= 15 is 0 Å². The van der Waals surface area contributed by atoms with E-state index in [9.17, 15) is 0 Å². The van der Waals surface area contributed by atoms with Crippen molar-refractivity contribution in [3.8, 4) is 28.8 Å². The molecule has 0 bridgehead atoms. The van der Waals surface area contributed by atoms with Gasteiger partial charge in [-0.2, -0.15) is 0 Å². The minimum atomic E-state index is -1.05. The van der Waals surface area contributed by atoms with Gasteiger partial charge in [-0.15, -0.1) is 5.92 Å². The van der Waals surface area contributed by atoms with E-state index in [4.69, 9.17) is 9.47 Å². The summed E-state index contributed by atoms with van der Waals surface area (Å²) in [5, 5.41) is 12.7. The van der Waals surface area contributed by atoms with Crippen molar-refractivity contribution >= 4 is 25.9 Å². The third-order valence-electron chi connectivity index (χ3n) is 5.18. The maximum atomic E-state index is 5.89. The summed E-state index contributed by atoms with van der Waals surface area (Å²) in [5.41, 5.74) is 3.66. The maximum absolute atomic E-state index is 5.89. The molecule has 2 aromatic rings. The van der Waals surface area contributed by atoms with Gasteiger partial charge in [0.25, 0.3) is 0 Å². The molecule has 1 N–H and O–H groups in total. The second-order valence-electron chi connectivity index (χ2n) is 7.60. The number of nitrogens with one attached hydrogen (secondary N) is 1. The van der Waals surface area contributed by atoms with Gasteiger partial charge in [-0.25, -0.2) is 0 Å². The van der Waals surface area contributed by atoms with Crippen LogP contribution >= 0.6 is 20.1 Å². The number of hydrogen-bond acceptors (Lipinski definition) is 6. The Morgan fingerprint density at radius 3 is 2.77 bits per heavy atom. The van der Waals surface area contributed by atoms with Crippen molar-refractivity contribution in [3.63, 3.8) is 0 Å². The predicted molar refractivity (Wildman–Crippen MR) is 136 cm³/mol. The number of alkyl halides is 2. The van der Waals surface area contributed by atoms with Crippen LogP contribution in [0.3, 0.4) is 0 Å². The van der Waals surface area contributed by atoms with Crippen LogP contribution in [0.1, 0.15) is 44.2 Å². The first-order chi connectivity index (χ1) is 15.0. The SMILES string of the molecule is CC#Cc1ccc(-c2nnc(N[C@H]3CCCCN3I(C)C)cc2C)c(OCOCC)c1. The second-order valence-corrected chi connectivity index (χ2v) is 12.9. The Morgan fingerprint density at radius 2 is 2.06 bits per heavy atom. The molecule has 0 saturated carbocycles. The quantitative estimate of drug-likeness (QED) is 0.127. The number of rotatable bonds is 8. The van der Waals surface area contributed by atoms with Gasteiger partial charge in [0.05, 0.1) is 0 Å². The molecule has 0 unspecified atom stereocenters. The van der Waals surface area contributed by atoms with Crippen molar-refractivity contribution in [3.05, 3.63) is 35.4 Å². The van der Waals surface area contributed by atoms with E-state index in [0.717, 1.165) is 34.6 Å². The van der Waals surface area contributed by atoms with E-state index in [1.54, 1.807) is 0 Å². The normalized spacial score (nSPS) is 16.9. The molecule has 0 amide bonds. The first-order valence-electron chi connectivity index (χ1n) is 10.7. The molecule has 1 aliphatic rings. The molecule has 31 heavy (non-hydrogen) atoms. The summed E-state index contributed by atoms with van der Waals surface area (Å²) >= 11 is -1.05. The van der Waals surface area contributed by atoms with Gasteiger partial charge in [-0.1, -0.05) is 0 Å². The molecule has 1 aromatic heterocycles. The van der Waals surface area contributed by atoms with Crippen LogP contribution in [0.25, 0.3) is 11.3 Å². The number of ether oxygens (including phenoxy) is 2. The Morgan fingerprint density at radius 1 is 1.23 bits per heavy atom. The zero-order chi connectivity index (χ0) is 22.2. The van der Waals surface area contributed by atoms with Gasteiger partial charge in [0.2, 0.25) is 0 Å². The first-order valence-corrected chi connectivity index (χ1v) is 16.0. The van der Waals surface area contributed by atoms with Crippen LogP contribution in [0.2, 0.25) is 0 Å². The molecule has 2 heterocycles. The Labute approximate surface area is 193 Å². The van der Waals surface area contributed by atoms with Crippen molar-refractivity contribution in [2.75, 3.05) is 35.1 Å². The molecule has 0 radical (unpaired) electrons. The summed E-state index contributed by atoms with van der Waals surface area (Å²) in [6.07, 6.45) is 4.08. The average molecular weight is 536 g/mol. The Balaban J connectivity index is 1.85. The zero-order valence-electron chi connectivity index (χ0n) is 19.2. The Hall–Kier alpha value is -1.89. The molecule has 1 atom stereocenters. The van der Waals surface area contributed by atoms with Crippen LogP contribution in [0.5, 0.6) is 5.75 Å². The molecule has 1 fully saturated rings. The van der Waals surface area contributed by atoms with Crippen molar-refractivity contribution in [1.29, 1.82) is 0 Å². The number of aryl methyl sites for hydroxylation is 1. The van der Waals surface area contributed by atoms with Gasteiger partial charge in [-0.05, 0) is 13.8 Å². The van der Waals surface area contributed by atoms with E-state index in [2.05, 4.69) is 53.3 Å². The molecule has 0 spiro atoms. The summed E-state index contributed by atoms with van der Waals surface area (Å²) in [7, 11) is 0. The predicted octanol–water partition coefficient (Wildman–Crippen LogP) is 5.10. The number of anilines is 1. The van der Waals surface area contributed by atoms with E-state index in [0.29, 0.717) is 18.5 Å². The summed E-state index contributed by atoms with van der Waals surface area (Å²) < 4.78 is 13.9. The molecule has 6 nitrogen and oxygen atoms in total. The third kappa shape index (κ3) is 6.31. The van der Waals surface area contributed by atoms with Crippen molar-refractivity contribution in [1.82, 2.24) is 13.3 Å². The van der Waals surface area contributed by atoms with Gasteiger partial charge >= 0.3 is 168 Å². The van der Waals surface area contributed by atoms with Crippen LogP contribution in [0.4, 0.5) is 5.82 Å². The zero-order valence-corrected chi connectivity index (χ0v) is 21.3. The molecular formula is C24H33IN4O2. The molecule has 168 valence electrons. The summed E-state index contributed by atoms with van der Waals surface area (Å²) in [5.74, 6) is 7.55. The Kier molecular flexibility index (Phi) is 8.93. The topological polar surface area (TPSA) is 59.5 Å². The van der Waals surface area contributed by atoms with Crippen molar-refractivity contribution in [2.45, 2.75) is 46.2 Å². The van der Waals surface area contributed by atoms with Gasteiger partial charge in [0.15, 0.2) is 0 Å². The monoisotopic (exact) mass is 536 g/mol. The molecule has 1 saturated heterocycles. The first kappa shape index (κ1) is 23.8. The summed E-state index contributed by atoms with van der Waals surface area (Å²) in [6, 6.07) is 8.01. The van der Waals surface area contributed by atoms with Crippen LogP contribution in [-0.2, 0) is 4.74 Å². The fourth-order valence-electron chi connectivity index (χ4n) is 3.68. The Bertz CT molecular complexity index is 939. The van der Waals surface area contributed by atoms with Crippen LogP contribution in [-0.4, -0.2) is 49.3 Å². The van der Waals surface area contributed by atoms with E-state index in [1.165, 1.54) is 19.4 Å². The van der Waals surface area contributed by atoms with Gasteiger partial charge in [-0.3, -0.25) is 0 Å². The number of nitrogens with zero attached hydrogens (tertiary/aromatic N) is 3. The number of hydrogen-bond donors (Lipinski definition) is 1. The summed E-state index contributed by atoms with van der Waals surface area (Å²) in [4.78, 5) is 4.81. The van der Waals surface area contributed by atoms with E-state index in [1.807, 2.05) is 32.0 Å². The van der Waals surface area contributed by atoms with Gasteiger partial charge < -0.3 is 0 Å². The average Bonchev–Trinajstić information content (AvgIpc) is 2.75. The van der Waals surface area contributed by atoms with Crippen LogP contribution < -0.4 is 10.1 Å². The standard InChI is InChI=1S/C24H33IN4O2/c1-6-10-19-12-13-20(21(16-19)31-17-30-7-2)24-18(3)15-22(27-28-24)26-23-11-8-9-14-29(23)25(4)5/h12-13,15-16,23H,7-9,11,14,17H2,1-5H3,(H,26,27)/t23-/m1/s1. The van der Waals surface area contributed by atoms with Crippen LogP contribution in [0.15, 0.2) is 24.3 Å². The molecule has 1 aromatic carbocycles. The molecule has 7 heteroatoms. The van der Waals surface area contributed by atoms with E-state index < -0.39 is 20.1 Å². The molecular weight excluding hydrogens is 503 g/mol.